The van der Waals surface area contributed by atoms with Gasteiger partial charge in [0.05, 0.1) is 10.9 Å². The third-order valence-corrected chi connectivity index (χ3v) is 10.4. The summed E-state index contributed by atoms with van der Waals surface area (Å²) < 4.78 is 33.5. The molecule has 3 amide bonds. The smallest absolute Gasteiger partial charge is 0.408 e. The molecule has 3 aromatic rings. The highest BCUT2D eigenvalue weighted by atomic mass is 32.2. The fourth-order valence-corrected chi connectivity index (χ4v) is 6.71. The Hall–Kier alpha value is -5.24. The molecule has 278 valence electrons. The number of amides is 3. The lowest BCUT2D eigenvalue weighted by atomic mass is 9.85. The van der Waals surface area contributed by atoms with Gasteiger partial charge >= 0.3 is 6.09 Å². The van der Waals surface area contributed by atoms with Gasteiger partial charge in [0.1, 0.15) is 24.5 Å². The zero-order chi connectivity index (χ0) is 38.3. The summed E-state index contributed by atoms with van der Waals surface area (Å²) in [5, 5.41) is 8.44. The molecule has 0 bridgehead atoms. The van der Waals surface area contributed by atoms with Crippen LogP contribution in [0.15, 0.2) is 82.7 Å². The Morgan fingerprint density at radius 2 is 1.63 bits per heavy atom. The van der Waals surface area contributed by atoms with E-state index in [4.69, 9.17) is 10.5 Å². The molecule has 1 aliphatic rings. The normalized spacial score (nSPS) is 18.3. The van der Waals surface area contributed by atoms with E-state index in [1.165, 1.54) is 12.1 Å². The lowest BCUT2D eigenvalue weighted by molar-refractivity contribution is -0.133. The molecular formula is C38H48N6O7S. The Bertz CT molecular complexity index is 1910. The largest absolute Gasteiger partial charge is 0.445 e. The number of hydrogen-bond donors (Lipinski definition) is 5. The number of benzene rings is 3. The van der Waals surface area contributed by atoms with Crippen LogP contribution in [0.1, 0.15) is 67.5 Å². The zero-order valence-electron chi connectivity index (χ0n) is 30.4. The van der Waals surface area contributed by atoms with Crippen LogP contribution in [0.2, 0.25) is 0 Å². The molecule has 1 fully saturated rings. The first-order chi connectivity index (χ1) is 24.4. The SMILES string of the molecule is Cc1ccc(S(=O)(=O)NC(N)=NCC2CC2(NC(=O)OCc2cc(C)ccc2C)C(=O)N[C@H](C(=O)N[C@H](CC=O)c2ccccc2)C(C)(C)C)cc1. The Balaban J connectivity index is 1.55. The number of sulfonamides is 1. The summed E-state index contributed by atoms with van der Waals surface area (Å²) in [6, 6.07) is 19.3. The molecule has 4 atom stereocenters. The molecule has 0 aliphatic heterocycles. The number of aryl methyl sites for hydroxylation is 3. The molecule has 0 aromatic heterocycles. The molecule has 0 heterocycles. The molecule has 1 aliphatic carbocycles. The fraction of sp³-hybridized carbons (Fsp3) is 0.395. The maximum absolute atomic E-state index is 14.2. The lowest BCUT2D eigenvalue weighted by Crippen LogP contribution is -2.60. The average Bonchev–Trinajstić information content (AvgIpc) is 3.79. The van der Waals surface area contributed by atoms with Crippen LogP contribution < -0.4 is 26.4 Å². The average molecular weight is 733 g/mol. The maximum Gasteiger partial charge on any atom is 0.408 e. The van der Waals surface area contributed by atoms with E-state index < -0.39 is 62.8 Å². The number of carbonyl (C=O) groups is 4. The highest BCUT2D eigenvalue weighted by molar-refractivity contribution is 7.90. The molecule has 0 saturated heterocycles. The highest BCUT2D eigenvalue weighted by Gasteiger charge is 2.62. The highest BCUT2D eigenvalue weighted by Crippen LogP contribution is 2.44. The molecule has 4 rings (SSSR count). The van der Waals surface area contributed by atoms with Crippen molar-refractivity contribution in [1.29, 1.82) is 0 Å². The van der Waals surface area contributed by atoms with Crippen molar-refractivity contribution in [3.63, 3.8) is 0 Å². The van der Waals surface area contributed by atoms with Gasteiger partial charge in [-0.05, 0) is 61.4 Å². The lowest BCUT2D eigenvalue weighted by Gasteiger charge is -2.33. The molecule has 0 spiro atoms. The number of ether oxygens (including phenoxy) is 1. The van der Waals surface area contributed by atoms with Gasteiger partial charge in [-0.2, -0.15) is 0 Å². The van der Waals surface area contributed by atoms with Crippen LogP contribution in [0, 0.1) is 32.1 Å². The van der Waals surface area contributed by atoms with Crippen LogP contribution in [0.3, 0.4) is 0 Å². The first-order valence-electron chi connectivity index (χ1n) is 17.0. The van der Waals surface area contributed by atoms with Crippen LogP contribution in [-0.2, 0) is 35.8 Å². The monoisotopic (exact) mass is 732 g/mol. The second-order valence-electron chi connectivity index (χ2n) is 14.3. The molecule has 6 N–H and O–H groups in total. The van der Waals surface area contributed by atoms with Gasteiger partial charge in [-0.1, -0.05) is 92.6 Å². The molecule has 0 radical (unpaired) electrons. The predicted octanol–water partition coefficient (Wildman–Crippen LogP) is 3.87. The summed E-state index contributed by atoms with van der Waals surface area (Å²) >= 11 is 0. The van der Waals surface area contributed by atoms with Gasteiger partial charge < -0.3 is 31.2 Å². The van der Waals surface area contributed by atoms with Crippen molar-refractivity contribution in [3.05, 3.63) is 101 Å². The maximum atomic E-state index is 14.2. The number of nitrogens with one attached hydrogen (secondary N) is 4. The van der Waals surface area contributed by atoms with Gasteiger partial charge in [-0.25, -0.2) is 17.9 Å². The van der Waals surface area contributed by atoms with Crippen molar-refractivity contribution in [2.45, 2.75) is 83.5 Å². The second-order valence-corrected chi connectivity index (χ2v) is 16.0. The quantitative estimate of drug-likeness (QED) is 0.0935. The molecule has 2 unspecified atom stereocenters. The van der Waals surface area contributed by atoms with Crippen LogP contribution in [-0.4, -0.2) is 56.7 Å². The number of aliphatic imine (C=N–C) groups is 1. The Kier molecular flexibility index (Phi) is 12.5. The number of carbonyl (C=O) groups excluding carboxylic acids is 4. The number of rotatable bonds is 14. The summed E-state index contributed by atoms with van der Waals surface area (Å²) in [5.74, 6) is -2.20. The molecular weight excluding hydrogens is 685 g/mol. The number of nitrogens with two attached hydrogens (primary N) is 1. The summed E-state index contributed by atoms with van der Waals surface area (Å²) in [6.45, 7) is 10.8. The van der Waals surface area contributed by atoms with E-state index in [2.05, 4.69) is 25.7 Å². The first kappa shape index (κ1) is 39.5. The third-order valence-electron chi connectivity index (χ3n) is 9.01. The van der Waals surface area contributed by atoms with Crippen LogP contribution in [0.5, 0.6) is 0 Å². The van der Waals surface area contributed by atoms with Crippen LogP contribution >= 0.6 is 0 Å². The van der Waals surface area contributed by atoms with Crippen LogP contribution in [0.25, 0.3) is 0 Å². The van der Waals surface area contributed by atoms with Gasteiger partial charge in [0.2, 0.25) is 17.8 Å². The topological polar surface area (TPSA) is 198 Å². The Morgan fingerprint density at radius 3 is 2.27 bits per heavy atom. The number of alkyl carbamates (subject to hydrolysis) is 1. The van der Waals surface area contributed by atoms with Crippen molar-refractivity contribution in [1.82, 2.24) is 20.7 Å². The van der Waals surface area contributed by atoms with Gasteiger partial charge in [0, 0.05) is 18.9 Å². The van der Waals surface area contributed by atoms with Gasteiger partial charge in [0.15, 0.2) is 0 Å². The summed E-state index contributed by atoms with van der Waals surface area (Å²) in [4.78, 5) is 56.9. The van der Waals surface area contributed by atoms with E-state index in [0.29, 0.717) is 6.29 Å². The minimum Gasteiger partial charge on any atom is -0.445 e. The minimum absolute atomic E-state index is 0.00111. The number of hydrogen-bond acceptors (Lipinski definition) is 8. The summed E-state index contributed by atoms with van der Waals surface area (Å²) in [7, 11) is -4.03. The van der Waals surface area contributed by atoms with Crippen molar-refractivity contribution in [2.75, 3.05) is 6.54 Å². The second kappa shape index (κ2) is 16.4. The molecule has 13 nitrogen and oxygen atoms in total. The standard InChI is InChI=1S/C38H48N6O7S/c1-24-13-16-30(17-14-24)52(49,50)44-35(39)40-22-29-21-38(29,43-36(48)51-23-28-20-25(2)12-15-26(28)3)34(47)42-32(37(4,5)6)33(46)41-31(18-19-45)27-10-8-7-9-11-27/h7-17,19-20,29,31-32H,18,21-23H2,1-6H3,(H,41,46)(H,42,47)(H,43,48)(H3,39,40,44)/t29?,31-,32-,38?/m1/s1. The van der Waals surface area contributed by atoms with E-state index in [0.717, 1.165) is 27.8 Å². The summed E-state index contributed by atoms with van der Waals surface area (Å²) in [5.41, 5.74) is 7.95. The van der Waals surface area contributed by atoms with E-state index in [-0.39, 0.29) is 30.9 Å². The fourth-order valence-electron chi connectivity index (χ4n) is 5.76. The van der Waals surface area contributed by atoms with E-state index in [9.17, 15) is 27.6 Å². The van der Waals surface area contributed by atoms with Gasteiger partial charge in [0.25, 0.3) is 10.0 Å². The van der Waals surface area contributed by atoms with Gasteiger partial charge in [-0.15, -0.1) is 0 Å². The predicted molar refractivity (Wildman–Crippen MR) is 197 cm³/mol. The summed E-state index contributed by atoms with van der Waals surface area (Å²) in [6.07, 6.45) is -0.0156. The minimum atomic E-state index is -4.03. The van der Waals surface area contributed by atoms with E-state index >= 15 is 0 Å². The van der Waals surface area contributed by atoms with E-state index in [1.54, 1.807) is 57.2 Å². The zero-order valence-corrected chi connectivity index (χ0v) is 31.2. The first-order valence-corrected chi connectivity index (χ1v) is 18.4. The van der Waals surface area contributed by atoms with Crippen molar-refractivity contribution in [3.8, 4) is 0 Å². The molecule has 3 aromatic carbocycles. The number of guanidine groups is 1. The van der Waals surface area contributed by atoms with Crippen molar-refractivity contribution >= 4 is 40.2 Å². The number of nitrogens with zero attached hydrogens (tertiary/aromatic N) is 1. The van der Waals surface area contributed by atoms with Crippen LogP contribution in [0.4, 0.5) is 4.79 Å². The molecule has 14 heteroatoms. The Morgan fingerprint density at radius 1 is 0.981 bits per heavy atom. The number of aldehydes is 1. The third kappa shape index (κ3) is 10.2. The molecule has 1 saturated carbocycles. The Labute approximate surface area is 305 Å². The van der Waals surface area contributed by atoms with Crippen molar-refractivity contribution in [2.24, 2.45) is 22.1 Å². The van der Waals surface area contributed by atoms with Gasteiger partial charge in [-0.3, -0.25) is 14.6 Å². The van der Waals surface area contributed by atoms with E-state index in [1.807, 2.05) is 45.0 Å². The molecule has 52 heavy (non-hydrogen) atoms. The van der Waals surface area contributed by atoms with Crippen molar-refractivity contribution < 1.29 is 32.3 Å².